The first-order valence-corrected chi connectivity index (χ1v) is 8.07. The molecule has 1 saturated carbocycles. The van der Waals surface area contributed by atoms with Gasteiger partial charge in [-0.1, -0.05) is 19.9 Å². The highest BCUT2D eigenvalue weighted by Gasteiger charge is 2.30. The van der Waals surface area contributed by atoms with Gasteiger partial charge in [0.25, 0.3) is 0 Å². The Morgan fingerprint density at radius 3 is 2.24 bits per heavy atom. The van der Waals surface area contributed by atoms with E-state index < -0.39 is 0 Å². The van der Waals surface area contributed by atoms with E-state index in [-0.39, 0.29) is 11.9 Å². The Labute approximate surface area is 128 Å². The van der Waals surface area contributed by atoms with Crippen LogP contribution in [-0.2, 0) is 0 Å². The molecule has 0 saturated heterocycles. The zero-order valence-electron chi connectivity index (χ0n) is 13.7. The molecule has 0 spiro atoms. The highest BCUT2D eigenvalue weighted by Crippen LogP contribution is 2.40. The molecule has 0 aliphatic heterocycles. The number of hydrogen-bond donors (Lipinski definition) is 1. The van der Waals surface area contributed by atoms with Crippen LogP contribution in [0.2, 0.25) is 0 Å². The predicted octanol–water partition coefficient (Wildman–Crippen LogP) is 4.56. The van der Waals surface area contributed by atoms with E-state index in [0.29, 0.717) is 11.7 Å². The first-order valence-electron chi connectivity index (χ1n) is 8.07. The van der Waals surface area contributed by atoms with E-state index in [1.807, 2.05) is 19.2 Å². The van der Waals surface area contributed by atoms with Crippen molar-refractivity contribution in [3.63, 3.8) is 0 Å². The normalized spacial score (nSPS) is 24.1. The summed E-state index contributed by atoms with van der Waals surface area (Å²) in [6, 6.07) is 5.30. The SMILES string of the molecule is CNC(c1ccc(OC)cc1F)C1CCC(C(C)C)CC1. The van der Waals surface area contributed by atoms with Gasteiger partial charge in [0.2, 0.25) is 0 Å². The van der Waals surface area contributed by atoms with Crippen LogP contribution in [-0.4, -0.2) is 14.2 Å². The molecule has 0 radical (unpaired) electrons. The average molecular weight is 293 g/mol. The molecule has 1 N–H and O–H groups in total. The topological polar surface area (TPSA) is 21.3 Å². The van der Waals surface area contributed by atoms with Crippen molar-refractivity contribution in [2.75, 3.05) is 14.2 Å². The number of ether oxygens (including phenoxy) is 1. The fourth-order valence-electron chi connectivity index (χ4n) is 3.68. The maximum Gasteiger partial charge on any atom is 0.131 e. The van der Waals surface area contributed by atoms with Crippen molar-refractivity contribution in [2.45, 2.75) is 45.6 Å². The number of halogens is 1. The fraction of sp³-hybridized carbons (Fsp3) is 0.667. The van der Waals surface area contributed by atoms with Crippen LogP contribution in [0.25, 0.3) is 0 Å². The lowest BCUT2D eigenvalue weighted by Crippen LogP contribution is -2.30. The number of nitrogens with one attached hydrogen (secondary N) is 1. The molecule has 0 amide bonds. The van der Waals surface area contributed by atoms with Crippen molar-refractivity contribution in [1.82, 2.24) is 5.32 Å². The van der Waals surface area contributed by atoms with Crippen LogP contribution in [0, 0.1) is 23.6 Å². The third-order valence-electron chi connectivity index (χ3n) is 5.08. The van der Waals surface area contributed by atoms with Crippen molar-refractivity contribution in [3.8, 4) is 5.75 Å². The summed E-state index contributed by atoms with van der Waals surface area (Å²) in [6.45, 7) is 4.62. The highest BCUT2D eigenvalue weighted by molar-refractivity contribution is 5.31. The van der Waals surface area contributed by atoms with Crippen LogP contribution in [0.1, 0.15) is 51.1 Å². The van der Waals surface area contributed by atoms with Gasteiger partial charge < -0.3 is 10.1 Å². The van der Waals surface area contributed by atoms with Gasteiger partial charge >= 0.3 is 0 Å². The quantitative estimate of drug-likeness (QED) is 0.859. The lowest BCUT2D eigenvalue weighted by atomic mass is 9.73. The summed E-state index contributed by atoms with van der Waals surface area (Å²) < 4.78 is 19.4. The Morgan fingerprint density at radius 2 is 1.76 bits per heavy atom. The molecule has 1 aliphatic rings. The van der Waals surface area contributed by atoms with Gasteiger partial charge in [-0.05, 0) is 56.6 Å². The molecule has 1 fully saturated rings. The number of benzene rings is 1. The van der Waals surface area contributed by atoms with Gasteiger partial charge in [-0.2, -0.15) is 0 Å². The molecule has 21 heavy (non-hydrogen) atoms. The van der Waals surface area contributed by atoms with Crippen molar-refractivity contribution < 1.29 is 9.13 Å². The van der Waals surface area contributed by atoms with Crippen LogP contribution in [0.3, 0.4) is 0 Å². The number of rotatable bonds is 5. The summed E-state index contributed by atoms with van der Waals surface area (Å²) in [4.78, 5) is 0. The van der Waals surface area contributed by atoms with Gasteiger partial charge in [-0.15, -0.1) is 0 Å². The minimum absolute atomic E-state index is 0.101. The molecule has 1 aromatic carbocycles. The van der Waals surface area contributed by atoms with Crippen LogP contribution in [0.15, 0.2) is 18.2 Å². The Hall–Kier alpha value is -1.09. The smallest absolute Gasteiger partial charge is 0.131 e. The lowest BCUT2D eigenvalue weighted by molar-refractivity contribution is 0.191. The van der Waals surface area contributed by atoms with E-state index in [1.54, 1.807) is 7.11 Å². The Morgan fingerprint density at radius 1 is 1.14 bits per heavy atom. The molecule has 3 heteroatoms. The number of hydrogen-bond acceptors (Lipinski definition) is 2. The fourth-order valence-corrected chi connectivity index (χ4v) is 3.68. The first-order chi connectivity index (χ1) is 10.1. The largest absolute Gasteiger partial charge is 0.497 e. The maximum atomic E-state index is 14.3. The van der Waals surface area contributed by atoms with E-state index in [0.717, 1.165) is 17.4 Å². The Kier molecular flexibility index (Phi) is 5.63. The van der Waals surface area contributed by atoms with E-state index in [4.69, 9.17) is 4.74 Å². The Balaban J connectivity index is 2.10. The molecule has 118 valence electrons. The molecule has 2 nitrogen and oxygen atoms in total. The molecular formula is C18H28FNO. The van der Waals surface area contributed by atoms with Crippen molar-refractivity contribution in [1.29, 1.82) is 0 Å². The van der Waals surface area contributed by atoms with Crippen LogP contribution in [0.4, 0.5) is 4.39 Å². The molecule has 0 heterocycles. The summed E-state index contributed by atoms with van der Waals surface area (Å²) in [7, 11) is 3.50. The second kappa shape index (κ2) is 7.26. The molecule has 0 aromatic heterocycles. The van der Waals surface area contributed by atoms with E-state index >= 15 is 0 Å². The molecular weight excluding hydrogens is 265 g/mol. The van der Waals surface area contributed by atoms with Crippen molar-refractivity contribution >= 4 is 0 Å². The monoisotopic (exact) mass is 293 g/mol. The minimum Gasteiger partial charge on any atom is -0.497 e. The third-order valence-corrected chi connectivity index (χ3v) is 5.08. The van der Waals surface area contributed by atoms with E-state index in [1.165, 1.54) is 31.7 Å². The van der Waals surface area contributed by atoms with Crippen LogP contribution >= 0.6 is 0 Å². The summed E-state index contributed by atoms with van der Waals surface area (Å²) in [6.07, 6.45) is 4.89. The summed E-state index contributed by atoms with van der Waals surface area (Å²) in [5, 5.41) is 3.33. The standard InChI is InChI=1S/C18H28FNO/c1-12(2)13-5-7-14(8-6-13)18(20-3)16-10-9-15(21-4)11-17(16)19/h9-14,18,20H,5-8H2,1-4H3. The molecule has 1 aliphatic carbocycles. The van der Waals surface area contributed by atoms with Crippen molar-refractivity contribution in [2.24, 2.45) is 17.8 Å². The van der Waals surface area contributed by atoms with Crippen LogP contribution in [0.5, 0.6) is 5.75 Å². The predicted molar refractivity (Wildman–Crippen MR) is 85.0 cm³/mol. The second-order valence-corrected chi connectivity index (χ2v) is 6.57. The van der Waals surface area contributed by atoms with Gasteiger partial charge in [0.1, 0.15) is 11.6 Å². The van der Waals surface area contributed by atoms with Gasteiger partial charge in [0, 0.05) is 17.7 Å². The maximum absolute atomic E-state index is 14.3. The van der Waals surface area contributed by atoms with E-state index in [9.17, 15) is 4.39 Å². The van der Waals surface area contributed by atoms with Crippen LogP contribution < -0.4 is 10.1 Å². The van der Waals surface area contributed by atoms with E-state index in [2.05, 4.69) is 19.2 Å². The van der Waals surface area contributed by atoms with Gasteiger partial charge in [0.15, 0.2) is 0 Å². The second-order valence-electron chi connectivity index (χ2n) is 6.57. The molecule has 0 bridgehead atoms. The summed E-state index contributed by atoms with van der Waals surface area (Å²) >= 11 is 0. The summed E-state index contributed by atoms with van der Waals surface area (Å²) in [5.74, 6) is 2.53. The molecule has 1 aromatic rings. The average Bonchev–Trinajstić information content (AvgIpc) is 2.50. The van der Waals surface area contributed by atoms with Crippen molar-refractivity contribution in [3.05, 3.63) is 29.6 Å². The summed E-state index contributed by atoms with van der Waals surface area (Å²) in [5.41, 5.74) is 0.770. The zero-order valence-corrected chi connectivity index (χ0v) is 13.7. The third kappa shape index (κ3) is 3.76. The lowest BCUT2D eigenvalue weighted by Gasteiger charge is -2.35. The molecule has 1 unspecified atom stereocenters. The number of methoxy groups -OCH3 is 1. The highest BCUT2D eigenvalue weighted by atomic mass is 19.1. The molecule has 1 atom stereocenters. The first kappa shape index (κ1) is 16.3. The van der Waals surface area contributed by atoms with Gasteiger partial charge in [0.05, 0.1) is 7.11 Å². The van der Waals surface area contributed by atoms with Gasteiger partial charge in [-0.25, -0.2) is 4.39 Å². The minimum atomic E-state index is -0.167. The Bertz CT molecular complexity index is 453. The zero-order chi connectivity index (χ0) is 15.4. The van der Waals surface area contributed by atoms with Gasteiger partial charge in [-0.3, -0.25) is 0 Å². The molecule has 2 rings (SSSR count).